The first kappa shape index (κ1) is 16.3. The molecule has 2 rings (SSSR count). The minimum atomic E-state index is -0.301. The SMILES string of the molecule is CCCCCN1C[C@H]2CN(C(=O)CCC(=O)OC)C[C@@H]2C1. The Morgan fingerprint density at radius 1 is 1.05 bits per heavy atom. The lowest BCUT2D eigenvalue weighted by atomic mass is 10.0. The van der Waals surface area contributed by atoms with E-state index in [1.54, 1.807) is 0 Å². The van der Waals surface area contributed by atoms with Crippen molar-refractivity contribution in [2.24, 2.45) is 11.8 Å². The fourth-order valence-corrected chi connectivity index (χ4v) is 3.53. The number of carbonyl (C=O) groups excluding carboxylic acids is 2. The molecule has 0 N–H and O–H groups in total. The van der Waals surface area contributed by atoms with E-state index in [0.29, 0.717) is 11.8 Å². The van der Waals surface area contributed by atoms with E-state index in [9.17, 15) is 9.59 Å². The topological polar surface area (TPSA) is 49.9 Å². The van der Waals surface area contributed by atoms with Gasteiger partial charge in [0.25, 0.3) is 0 Å². The molecule has 0 radical (unpaired) electrons. The summed E-state index contributed by atoms with van der Waals surface area (Å²) in [5.74, 6) is 1.07. The summed E-state index contributed by atoms with van der Waals surface area (Å²) in [6, 6.07) is 0. The van der Waals surface area contributed by atoms with Crippen LogP contribution in [0.3, 0.4) is 0 Å². The number of methoxy groups -OCH3 is 1. The molecule has 5 nitrogen and oxygen atoms in total. The smallest absolute Gasteiger partial charge is 0.306 e. The zero-order chi connectivity index (χ0) is 15.2. The van der Waals surface area contributed by atoms with Gasteiger partial charge in [-0.2, -0.15) is 0 Å². The predicted octanol–water partition coefficient (Wildman–Crippen LogP) is 1.52. The van der Waals surface area contributed by atoms with Gasteiger partial charge < -0.3 is 14.5 Å². The number of amides is 1. The highest BCUT2D eigenvalue weighted by molar-refractivity contribution is 5.81. The average molecular weight is 296 g/mol. The number of nitrogens with zero attached hydrogens (tertiary/aromatic N) is 2. The number of carbonyl (C=O) groups is 2. The molecule has 0 aromatic rings. The Kier molecular flexibility index (Phi) is 6.03. The van der Waals surface area contributed by atoms with Crippen molar-refractivity contribution in [3.63, 3.8) is 0 Å². The molecular formula is C16H28N2O3. The first-order valence-corrected chi connectivity index (χ1v) is 8.21. The Hall–Kier alpha value is -1.10. The van der Waals surface area contributed by atoms with Gasteiger partial charge in [-0.25, -0.2) is 0 Å². The fraction of sp³-hybridized carbons (Fsp3) is 0.875. The molecule has 2 heterocycles. The number of rotatable bonds is 7. The molecule has 0 bridgehead atoms. The van der Waals surface area contributed by atoms with Gasteiger partial charge >= 0.3 is 5.97 Å². The second-order valence-corrected chi connectivity index (χ2v) is 6.36. The van der Waals surface area contributed by atoms with Crippen LogP contribution in [0.5, 0.6) is 0 Å². The highest BCUT2D eigenvalue weighted by atomic mass is 16.5. The van der Waals surface area contributed by atoms with Gasteiger partial charge in [0.2, 0.25) is 5.91 Å². The summed E-state index contributed by atoms with van der Waals surface area (Å²) < 4.78 is 4.58. The first-order valence-electron chi connectivity index (χ1n) is 8.21. The molecule has 0 unspecified atom stereocenters. The normalized spacial score (nSPS) is 25.1. The van der Waals surface area contributed by atoms with Gasteiger partial charge in [0, 0.05) is 32.6 Å². The summed E-state index contributed by atoms with van der Waals surface area (Å²) in [5, 5.41) is 0. The Bertz CT molecular complexity index is 359. The molecule has 0 aliphatic carbocycles. The Balaban J connectivity index is 1.69. The van der Waals surface area contributed by atoms with Crippen molar-refractivity contribution in [2.45, 2.75) is 39.0 Å². The van der Waals surface area contributed by atoms with Crippen LogP contribution in [0.4, 0.5) is 0 Å². The minimum absolute atomic E-state index is 0.104. The lowest BCUT2D eigenvalue weighted by Gasteiger charge is -2.21. The summed E-state index contributed by atoms with van der Waals surface area (Å²) in [7, 11) is 1.36. The number of hydrogen-bond donors (Lipinski definition) is 0. The lowest BCUT2D eigenvalue weighted by Crippen LogP contribution is -2.33. The van der Waals surface area contributed by atoms with Crippen LogP contribution >= 0.6 is 0 Å². The van der Waals surface area contributed by atoms with Crippen LogP contribution in [0.2, 0.25) is 0 Å². The number of ether oxygens (including phenoxy) is 1. The van der Waals surface area contributed by atoms with Crippen LogP contribution in [-0.2, 0) is 14.3 Å². The molecule has 120 valence electrons. The minimum Gasteiger partial charge on any atom is -0.469 e. The van der Waals surface area contributed by atoms with E-state index >= 15 is 0 Å². The van der Waals surface area contributed by atoms with Crippen molar-refractivity contribution in [2.75, 3.05) is 39.8 Å². The summed E-state index contributed by atoms with van der Waals surface area (Å²) in [4.78, 5) is 27.7. The molecule has 1 amide bonds. The second kappa shape index (κ2) is 7.78. The van der Waals surface area contributed by atoms with Crippen molar-refractivity contribution in [1.82, 2.24) is 9.80 Å². The molecular weight excluding hydrogens is 268 g/mol. The zero-order valence-corrected chi connectivity index (χ0v) is 13.3. The summed E-state index contributed by atoms with van der Waals surface area (Å²) in [6.07, 6.45) is 4.35. The zero-order valence-electron chi connectivity index (χ0n) is 13.3. The summed E-state index contributed by atoms with van der Waals surface area (Å²) >= 11 is 0. The van der Waals surface area contributed by atoms with Crippen molar-refractivity contribution in [3.05, 3.63) is 0 Å². The van der Waals surface area contributed by atoms with Crippen LogP contribution in [0, 0.1) is 11.8 Å². The number of likely N-dealkylation sites (tertiary alicyclic amines) is 2. The van der Waals surface area contributed by atoms with Crippen molar-refractivity contribution in [3.8, 4) is 0 Å². The van der Waals surface area contributed by atoms with E-state index < -0.39 is 0 Å². The van der Waals surface area contributed by atoms with Crippen LogP contribution in [0.25, 0.3) is 0 Å². The average Bonchev–Trinajstić information content (AvgIpc) is 3.02. The maximum atomic E-state index is 12.1. The Morgan fingerprint density at radius 3 is 2.29 bits per heavy atom. The van der Waals surface area contributed by atoms with Gasteiger partial charge in [0.15, 0.2) is 0 Å². The molecule has 21 heavy (non-hydrogen) atoms. The first-order chi connectivity index (χ1) is 10.1. The third-order valence-corrected chi connectivity index (χ3v) is 4.76. The van der Waals surface area contributed by atoms with Crippen LogP contribution in [0.1, 0.15) is 39.0 Å². The maximum absolute atomic E-state index is 12.1. The molecule has 0 saturated carbocycles. The molecule has 0 spiro atoms. The van der Waals surface area contributed by atoms with Crippen LogP contribution < -0.4 is 0 Å². The standard InChI is InChI=1S/C16H28N2O3/c1-3-4-5-8-17-9-13-11-18(12-14(13)10-17)15(19)6-7-16(20)21-2/h13-14H,3-12H2,1-2H3/t13-,14-/m0/s1. The van der Waals surface area contributed by atoms with E-state index in [0.717, 1.165) is 26.2 Å². The Labute approximate surface area is 127 Å². The van der Waals surface area contributed by atoms with Gasteiger partial charge in [-0.3, -0.25) is 9.59 Å². The Morgan fingerprint density at radius 2 is 1.71 bits per heavy atom. The summed E-state index contributed by atoms with van der Waals surface area (Å²) in [6.45, 7) is 7.45. The predicted molar refractivity (Wildman–Crippen MR) is 80.8 cm³/mol. The quantitative estimate of drug-likeness (QED) is 0.528. The second-order valence-electron chi connectivity index (χ2n) is 6.36. The monoisotopic (exact) mass is 296 g/mol. The van der Waals surface area contributed by atoms with Crippen molar-refractivity contribution >= 4 is 11.9 Å². The molecule has 2 fully saturated rings. The molecule has 2 atom stereocenters. The molecule has 5 heteroatoms. The van der Waals surface area contributed by atoms with E-state index in [4.69, 9.17) is 0 Å². The van der Waals surface area contributed by atoms with E-state index in [2.05, 4.69) is 16.6 Å². The van der Waals surface area contributed by atoms with Crippen LogP contribution in [-0.4, -0.2) is 61.5 Å². The number of fused-ring (bicyclic) bond motifs is 1. The number of hydrogen-bond acceptors (Lipinski definition) is 4. The van der Waals surface area contributed by atoms with Gasteiger partial charge in [-0.05, 0) is 24.8 Å². The maximum Gasteiger partial charge on any atom is 0.306 e. The molecule has 2 saturated heterocycles. The molecule has 0 aromatic carbocycles. The third-order valence-electron chi connectivity index (χ3n) is 4.76. The molecule has 0 aromatic heterocycles. The number of esters is 1. The van der Waals surface area contributed by atoms with Crippen molar-refractivity contribution < 1.29 is 14.3 Å². The van der Waals surface area contributed by atoms with E-state index in [-0.39, 0.29) is 24.7 Å². The fourth-order valence-electron chi connectivity index (χ4n) is 3.53. The van der Waals surface area contributed by atoms with E-state index in [1.807, 2.05) is 4.90 Å². The molecule has 2 aliphatic rings. The highest BCUT2D eigenvalue weighted by Crippen LogP contribution is 2.31. The number of unbranched alkanes of at least 4 members (excludes halogenated alkanes) is 2. The van der Waals surface area contributed by atoms with E-state index in [1.165, 1.54) is 32.9 Å². The van der Waals surface area contributed by atoms with Crippen LogP contribution in [0.15, 0.2) is 0 Å². The van der Waals surface area contributed by atoms with Gasteiger partial charge in [0.05, 0.1) is 13.5 Å². The molecule has 2 aliphatic heterocycles. The van der Waals surface area contributed by atoms with Gasteiger partial charge in [-0.15, -0.1) is 0 Å². The van der Waals surface area contributed by atoms with Crippen molar-refractivity contribution in [1.29, 1.82) is 0 Å². The lowest BCUT2D eigenvalue weighted by molar-refractivity contribution is -0.143. The highest BCUT2D eigenvalue weighted by Gasteiger charge is 2.40. The third kappa shape index (κ3) is 4.43. The van der Waals surface area contributed by atoms with Gasteiger partial charge in [0.1, 0.15) is 0 Å². The largest absolute Gasteiger partial charge is 0.469 e. The summed E-state index contributed by atoms with van der Waals surface area (Å²) in [5.41, 5.74) is 0. The van der Waals surface area contributed by atoms with Gasteiger partial charge in [-0.1, -0.05) is 19.8 Å².